The van der Waals surface area contributed by atoms with Gasteiger partial charge in [0.2, 0.25) is 0 Å². The summed E-state index contributed by atoms with van der Waals surface area (Å²) in [5.74, 6) is -0.299. The van der Waals surface area contributed by atoms with E-state index in [4.69, 9.17) is 0 Å². The summed E-state index contributed by atoms with van der Waals surface area (Å²) >= 11 is 0. The number of unbranched alkanes of at least 4 members (excludes halogenated alkanes) is 1. The average molecular weight is 267 g/mol. The van der Waals surface area contributed by atoms with Crippen LogP contribution in [0.3, 0.4) is 0 Å². The molecule has 0 saturated carbocycles. The van der Waals surface area contributed by atoms with Gasteiger partial charge in [0.05, 0.1) is 6.10 Å². The van der Waals surface area contributed by atoms with E-state index in [1.807, 2.05) is 6.92 Å². The molecule has 2 unspecified atom stereocenters. The zero-order valence-electron chi connectivity index (χ0n) is 12.3. The van der Waals surface area contributed by atoms with Crippen molar-refractivity contribution in [3.8, 4) is 0 Å². The van der Waals surface area contributed by atoms with Crippen molar-refractivity contribution in [2.24, 2.45) is 5.92 Å². The molecule has 19 heavy (non-hydrogen) atoms. The molecule has 0 aromatic heterocycles. The van der Waals surface area contributed by atoms with Crippen molar-refractivity contribution in [3.63, 3.8) is 0 Å². The van der Waals surface area contributed by atoms with Gasteiger partial charge >= 0.3 is 0 Å². The monoisotopic (exact) mass is 267 g/mol. The maximum Gasteiger partial charge on any atom is 0.129 e. The lowest BCUT2D eigenvalue weighted by Crippen LogP contribution is -2.32. The van der Waals surface area contributed by atoms with Crippen molar-refractivity contribution in [3.05, 3.63) is 35.6 Å². The second kappa shape index (κ2) is 8.28. The highest BCUT2D eigenvalue weighted by atomic mass is 19.1. The summed E-state index contributed by atoms with van der Waals surface area (Å²) in [6, 6.07) is 6.48. The van der Waals surface area contributed by atoms with E-state index in [1.54, 1.807) is 18.2 Å². The van der Waals surface area contributed by atoms with Gasteiger partial charge in [-0.3, -0.25) is 0 Å². The summed E-state index contributed by atoms with van der Waals surface area (Å²) in [6.45, 7) is 9.08. The molecule has 2 atom stereocenters. The molecule has 0 heterocycles. The van der Waals surface area contributed by atoms with Crippen LogP contribution in [0.5, 0.6) is 0 Å². The number of hydrogen-bond acceptors (Lipinski definition) is 2. The molecule has 2 nitrogen and oxygen atoms in total. The Morgan fingerprint density at radius 1 is 1.26 bits per heavy atom. The number of nitrogens with zero attached hydrogens (tertiary/aromatic N) is 1. The predicted octanol–water partition coefficient (Wildman–Crippen LogP) is 3.62. The lowest BCUT2D eigenvalue weighted by Gasteiger charge is -2.27. The maximum atomic E-state index is 13.6. The van der Waals surface area contributed by atoms with Crippen molar-refractivity contribution >= 4 is 0 Å². The summed E-state index contributed by atoms with van der Waals surface area (Å²) in [7, 11) is 0. The van der Waals surface area contributed by atoms with Crippen molar-refractivity contribution in [1.29, 1.82) is 0 Å². The number of halogens is 1. The first-order chi connectivity index (χ1) is 9.10. The molecule has 0 bridgehead atoms. The summed E-state index contributed by atoms with van der Waals surface area (Å²) in [5, 5.41) is 10.3. The second-order valence-electron chi connectivity index (χ2n) is 5.19. The van der Waals surface area contributed by atoms with Gasteiger partial charge in [-0.2, -0.15) is 0 Å². The third kappa shape index (κ3) is 4.92. The van der Waals surface area contributed by atoms with Gasteiger partial charge in [0.1, 0.15) is 5.82 Å². The molecule has 108 valence electrons. The normalized spacial score (nSPS) is 14.6. The van der Waals surface area contributed by atoms with Crippen LogP contribution in [0.25, 0.3) is 0 Å². The molecule has 1 N–H and O–H groups in total. The fraction of sp³-hybridized carbons (Fsp3) is 0.625. The number of benzene rings is 1. The minimum Gasteiger partial charge on any atom is -0.388 e. The van der Waals surface area contributed by atoms with Gasteiger partial charge in [-0.1, -0.05) is 45.4 Å². The van der Waals surface area contributed by atoms with Crippen LogP contribution >= 0.6 is 0 Å². The van der Waals surface area contributed by atoms with Crippen LogP contribution in [0, 0.1) is 11.7 Å². The molecule has 0 aliphatic rings. The molecule has 0 fully saturated rings. The summed E-state index contributed by atoms with van der Waals surface area (Å²) in [5.41, 5.74) is 0.404. The van der Waals surface area contributed by atoms with E-state index < -0.39 is 6.10 Å². The van der Waals surface area contributed by atoms with E-state index in [0.717, 1.165) is 26.1 Å². The highest BCUT2D eigenvalue weighted by Crippen LogP contribution is 2.24. The van der Waals surface area contributed by atoms with Crippen molar-refractivity contribution < 1.29 is 9.50 Å². The Balaban J connectivity index is 2.61. The molecular formula is C16H26FNO. The Hall–Kier alpha value is -0.930. The molecule has 0 radical (unpaired) electrons. The SMILES string of the molecule is CCCCN(CC)CC(C)C(O)c1ccccc1F. The number of aliphatic hydroxyl groups excluding tert-OH is 1. The predicted molar refractivity (Wildman–Crippen MR) is 77.5 cm³/mol. The highest BCUT2D eigenvalue weighted by molar-refractivity contribution is 5.20. The Kier molecular flexibility index (Phi) is 7.03. The zero-order valence-corrected chi connectivity index (χ0v) is 12.3. The van der Waals surface area contributed by atoms with Crippen LogP contribution in [0.4, 0.5) is 4.39 Å². The Morgan fingerprint density at radius 2 is 1.95 bits per heavy atom. The first-order valence-corrected chi connectivity index (χ1v) is 7.25. The Morgan fingerprint density at radius 3 is 2.53 bits per heavy atom. The molecule has 0 saturated heterocycles. The van der Waals surface area contributed by atoms with Gasteiger partial charge in [0.25, 0.3) is 0 Å². The van der Waals surface area contributed by atoms with Gasteiger partial charge in [-0.05, 0) is 31.5 Å². The molecule has 0 aliphatic heterocycles. The molecule has 3 heteroatoms. The van der Waals surface area contributed by atoms with E-state index in [2.05, 4.69) is 18.7 Å². The van der Waals surface area contributed by atoms with Crippen LogP contribution in [0.1, 0.15) is 45.3 Å². The van der Waals surface area contributed by atoms with Gasteiger partial charge in [-0.15, -0.1) is 0 Å². The van der Waals surface area contributed by atoms with E-state index in [1.165, 1.54) is 12.5 Å². The third-order valence-electron chi connectivity index (χ3n) is 3.58. The number of aliphatic hydroxyl groups is 1. The van der Waals surface area contributed by atoms with Gasteiger partial charge in [-0.25, -0.2) is 4.39 Å². The first kappa shape index (κ1) is 16.1. The number of rotatable bonds is 8. The molecule has 0 amide bonds. The Bertz CT molecular complexity index is 370. The lowest BCUT2D eigenvalue weighted by molar-refractivity contribution is 0.0862. The van der Waals surface area contributed by atoms with E-state index in [0.29, 0.717) is 5.56 Å². The largest absolute Gasteiger partial charge is 0.388 e. The summed E-state index contributed by atoms with van der Waals surface area (Å²) in [4.78, 5) is 2.32. The molecule has 0 aliphatic carbocycles. The topological polar surface area (TPSA) is 23.5 Å². The summed E-state index contributed by atoms with van der Waals surface area (Å²) in [6.07, 6.45) is 1.59. The molecular weight excluding hydrogens is 241 g/mol. The first-order valence-electron chi connectivity index (χ1n) is 7.25. The lowest BCUT2D eigenvalue weighted by atomic mass is 9.96. The number of hydrogen-bond donors (Lipinski definition) is 1. The molecule has 0 spiro atoms. The van der Waals surface area contributed by atoms with Crippen molar-refractivity contribution in [2.45, 2.75) is 39.7 Å². The van der Waals surface area contributed by atoms with Gasteiger partial charge in [0.15, 0.2) is 0 Å². The average Bonchev–Trinajstić information content (AvgIpc) is 2.43. The summed E-state index contributed by atoms with van der Waals surface area (Å²) < 4.78 is 13.6. The van der Waals surface area contributed by atoms with E-state index in [-0.39, 0.29) is 11.7 Å². The maximum absolute atomic E-state index is 13.6. The van der Waals surface area contributed by atoms with Crippen LogP contribution in [-0.2, 0) is 0 Å². The minimum atomic E-state index is -0.739. The van der Waals surface area contributed by atoms with Crippen LogP contribution in [0.2, 0.25) is 0 Å². The van der Waals surface area contributed by atoms with Crippen LogP contribution in [-0.4, -0.2) is 29.6 Å². The standard InChI is InChI=1S/C16H26FNO/c1-4-6-11-18(5-2)12-13(3)16(19)14-9-7-8-10-15(14)17/h7-10,13,16,19H,4-6,11-12H2,1-3H3. The molecule has 1 aromatic rings. The molecule has 1 aromatic carbocycles. The van der Waals surface area contributed by atoms with Gasteiger partial charge < -0.3 is 10.0 Å². The fourth-order valence-corrected chi connectivity index (χ4v) is 2.29. The van der Waals surface area contributed by atoms with Crippen LogP contribution in [0.15, 0.2) is 24.3 Å². The highest BCUT2D eigenvalue weighted by Gasteiger charge is 2.21. The second-order valence-corrected chi connectivity index (χ2v) is 5.19. The quantitative estimate of drug-likeness (QED) is 0.777. The van der Waals surface area contributed by atoms with E-state index in [9.17, 15) is 9.50 Å². The van der Waals surface area contributed by atoms with Crippen molar-refractivity contribution in [1.82, 2.24) is 4.90 Å². The Labute approximate surface area is 116 Å². The zero-order chi connectivity index (χ0) is 14.3. The third-order valence-corrected chi connectivity index (χ3v) is 3.58. The van der Waals surface area contributed by atoms with Gasteiger partial charge in [0, 0.05) is 12.1 Å². The smallest absolute Gasteiger partial charge is 0.129 e. The molecule has 1 rings (SSSR count). The van der Waals surface area contributed by atoms with Crippen LogP contribution < -0.4 is 0 Å². The fourth-order valence-electron chi connectivity index (χ4n) is 2.29. The minimum absolute atomic E-state index is 0.0220. The van der Waals surface area contributed by atoms with Crippen molar-refractivity contribution in [2.75, 3.05) is 19.6 Å². The van der Waals surface area contributed by atoms with E-state index >= 15 is 0 Å².